The van der Waals surface area contributed by atoms with Crippen molar-refractivity contribution in [3.05, 3.63) is 58.1 Å². The summed E-state index contributed by atoms with van der Waals surface area (Å²) in [5.74, 6) is 0. The number of rotatable bonds is 2. The van der Waals surface area contributed by atoms with Crippen LogP contribution in [-0.2, 0) is 0 Å². The van der Waals surface area contributed by atoms with Gasteiger partial charge in [-0.2, -0.15) is 0 Å². The predicted octanol–water partition coefficient (Wildman–Crippen LogP) is 4.87. The van der Waals surface area contributed by atoms with Crippen molar-refractivity contribution in [3.63, 3.8) is 0 Å². The molecule has 0 unspecified atom stereocenters. The minimum Gasteiger partial charge on any atom is -0.332 e. The highest BCUT2D eigenvalue weighted by Gasteiger charge is 2.03. The van der Waals surface area contributed by atoms with Crippen LogP contribution in [0.2, 0.25) is 0 Å². The standard InChI is InChI=1S/C15H15BrN2S/c1-10-7-8-13(11(2)9-10)17-15(19)18-14-6-4-3-5-12(14)16/h3-9H,1-2H3,(H2,17,18,19). The average molecular weight is 335 g/mol. The molecule has 2 aromatic rings. The lowest BCUT2D eigenvalue weighted by Crippen LogP contribution is -2.19. The normalized spacial score (nSPS) is 10.1. The van der Waals surface area contributed by atoms with Crippen LogP contribution in [0.25, 0.3) is 0 Å². The van der Waals surface area contributed by atoms with Crippen LogP contribution in [-0.4, -0.2) is 5.11 Å². The molecular weight excluding hydrogens is 320 g/mol. The summed E-state index contributed by atoms with van der Waals surface area (Å²) in [6.45, 7) is 4.14. The van der Waals surface area contributed by atoms with Gasteiger partial charge in [-0.15, -0.1) is 0 Å². The summed E-state index contributed by atoms with van der Waals surface area (Å²) in [4.78, 5) is 0. The molecule has 0 aromatic heterocycles. The Kier molecular flexibility index (Phi) is 4.56. The van der Waals surface area contributed by atoms with Crippen molar-refractivity contribution in [2.24, 2.45) is 0 Å². The fraction of sp³-hybridized carbons (Fsp3) is 0.133. The summed E-state index contributed by atoms with van der Waals surface area (Å²) in [7, 11) is 0. The van der Waals surface area contributed by atoms with E-state index in [1.807, 2.05) is 30.3 Å². The van der Waals surface area contributed by atoms with E-state index >= 15 is 0 Å². The molecule has 0 fully saturated rings. The molecule has 0 aliphatic rings. The number of halogens is 1. The van der Waals surface area contributed by atoms with Gasteiger partial charge in [0.15, 0.2) is 5.11 Å². The minimum absolute atomic E-state index is 0.582. The second-order valence-electron chi connectivity index (χ2n) is 4.38. The Morgan fingerprint density at radius 2 is 1.68 bits per heavy atom. The van der Waals surface area contributed by atoms with Crippen molar-refractivity contribution in [2.45, 2.75) is 13.8 Å². The van der Waals surface area contributed by atoms with E-state index in [9.17, 15) is 0 Å². The van der Waals surface area contributed by atoms with Crippen LogP contribution in [0.1, 0.15) is 11.1 Å². The third-order valence-corrected chi connectivity index (χ3v) is 3.65. The van der Waals surface area contributed by atoms with E-state index in [0.717, 1.165) is 15.8 Å². The number of hydrogen-bond acceptors (Lipinski definition) is 1. The maximum absolute atomic E-state index is 5.33. The molecule has 0 heterocycles. The lowest BCUT2D eigenvalue weighted by Gasteiger charge is -2.13. The first-order valence-electron chi connectivity index (χ1n) is 5.96. The molecule has 4 heteroatoms. The van der Waals surface area contributed by atoms with Gasteiger partial charge in [0.2, 0.25) is 0 Å². The molecule has 0 amide bonds. The Morgan fingerprint density at radius 1 is 1.00 bits per heavy atom. The van der Waals surface area contributed by atoms with Gasteiger partial charge in [0, 0.05) is 10.2 Å². The van der Waals surface area contributed by atoms with Gasteiger partial charge in [-0.1, -0.05) is 29.8 Å². The van der Waals surface area contributed by atoms with Crippen molar-refractivity contribution >= 4 is 44.6 Å². The van der Waals surface area contributed by atoms with Gasteiger partial charge < -0.3 is 10.6 Å². The van der Waals surface area contributed by atoms with Crippen molar-refractivity contribution in [1.82, 2.24) is 0 Å². The monoisotopic (exact) mass is 334 g/mol. The Labute approximate surface area is 127 Å². The first kappa shape index (κ1) is 14.0. The largest absolute Gasteiger partial charge is 0.332 e. The lowest BCUT2D eigenvalue weighted by atomic mass is 10.1. The molecule has 0 atom stereocenters. The van der Waals surface area contributed by atoms with Crippen LogP contribution in [0, 0.1) is 13.8 Å². The minimum atomic E-state index is 0.582. The molecule has 2 aromatic carbocycles. The van der Waals surface area contributed by atoms with Crippen LogP contribution >= 0.6 is 28.1 Å². The summed E-state index contributed by atoms with van der Waals surface area (Å²) in [5.41, 5.74) is 4.39. The number of aryl methyl sites for hydroxylation is 2. The lowest BCUT2D eigenvalue weighted by molar-refractivity contribution is 1.38. The topological polar surface area (TPSA) is 24.1 Å². The van der Waals surface area contributed by atoms with E-state index in [4.69, 9.17) is 12.2 Å². The molecular formula is C15H15BrN2S. The van der Waals surface area contributed by atoms with Gasteiger partial charge >= 0.3 is 0 Å². The van der Waals surface area contributed by atoms with Gasteiger partial charge in [-0.25, -0.2) is 0 Å². The smallest absolute Gasteiger partial charge is 0.175 e. The average Bonchev–Trinajstić information content (AvgIpc) is 2.36. The highest BCUT2D eigenvalue weighted by atomic mass is 79.9. The maximum Gasteiger partial charge on any atom is 0.175 e. The Balaban J connectivity index is 2.08. The van der Waals surface area contributed by atoms with Crippen LogP contribution in [0.15, 0.2) is 46.9 Å². The van der Waals surface area contributed by atoms with Gasteiger partial charge in [-0.3, -0.25) is 0 Å². The van der Waals surface area contributed by atoms with Crippen LogP contribution in [0.4, 0.5) is 11.4 Å². The van der Waals surface area contributed by atoms with Crippen molar-refractivity contribution in [1.29, 1.82) is 0 Å². The van der Waals surface area contributed by atoms with Crippen molar-refractivity contribution < 1.29 is 0 Å². The first-order chi connectivity index (χ1) is 9.06. The number of anilines is 2. The van der Waals surface area contributed by atoms with E-state index in [1.54, 1.807) is 0 Å². The number of para-hydroxylation sites is 1. The van der Waals surface area contributed by atoms with Gasteiger partial charge in [0.05, 0.1) is 5.69 Å². The molecule has 98 valence electrons. The molecule has 0 bridgehead atoms. The summed E-state index contributed by atoms with van der Waals surface area (Å²) in [5, 5.41) is 6.97. The summed E-state index contributed by atoms with van der Waals surface area (Å²) in [6.07, 6.45) is 0. The quantitative estimate of drug-likeness (QED) is 0.765. The molecule has 0 saturated heterocycles. The van der Waals surface area contributed by atoms with E-state index in [-0.39, 0.29) is 0 Å². The zero-order valence-corrected chi connectivity index (χ0v) is 13.2. The molecule has 0 radical (unpaired) electrons. The molecule has 19 heavy (non-hydrogen) atoms. The summed E-state index contributed by atoms with van der Waals surface area (Å²) >= 11 is 8.81. The zero-order valence-electron chi connectivity index (χ0n) is 10.8. The predicted molar refractivity (Wildman–Crippen MR) is 89.9 cm³/mol. The maximum atomic E-state index is 5.33. The van der Waals surface area contributed by atoms with Crippen LogP contribution in [0.3, 0.4) is 0 Å². The molecule has 0 aliphatic heterocycles. The molecule has 0 saturated carbocycles. The molecule has 2 N–H and O–H groups in total. The first-order valence-corrected chi connectivity index (χ1v) is 7.16. The van der Waals surface area contributed by atoms with Gasteiger partial charge in [0.25, 0.3) is 0 Å². The van der Waals surface area contributed by atoms with Crippen molar-refractivity contribution in [3.8, 4) is 0 Å². The van der Waals surface area contributed by atoms with E-state index in [2.05, 4.69) is 52.5 Å². The molecule has 2 rings (SSSR count). The second kappa shape index (κ2) is 6.17. The van der Waals surface area contributed by atoms with E-state index in [1.165, 1.54) is 11.1 Å². The van der Waals surface area contributed by atoms with Gasteiger partial charge in [0.1, 0.15) is 0 Å². The van der Waals surface area contributed by atoms with Crippen molar-refractivity contribution in [2.75, 3.05) is 10.6 Å². The van der Waals surface area contributed by atoms with E-state index in [0.29, 0.717) is 5.11 Å². The zero-order chi connectivity index (χ0) is 13.8. The van der Waals surface area contributed by atoms with Crippen LogP contribution in [0.5, 0.6) is 0 Å². The fourth-order valence-electron chi connectivity index (χ4n) is 1.79. The SMILES string of the molecule is Cc1ccc(NC(=S)Nc2ccccc2Br)c(C)c1. The highest BCUT2D eigenvalue weighted by molar-refractivity contribution is 9.10. The third-order valence-electron chi connectivity index (χ3n) is 2.75. The molecule has 0 spiro atoms. The number of thiocarbonyl (C=S) groups is 1. The Morgan fingerprint density at radius 3 is 2.37 bits per heavy atom. The summed E-state index contributed by atoms with van der Waals surface area (Å²) in [6, 6.07) is 14.1. The van der Waals surface area contributed by atoms with Crippen LogP contribution < -0.4 is 10.6 Å². The number of nitrogens with one attached hydrogen (secondary N) is 2. The fourth-order valence-corrected chi connectivity index (χ4v) is 2.40. The summed E-state index contributed by atoms with van der Waals surface area (Å²) < 4.78 is 0.986. The third kappa shape index (κ3) is 3.78. The Bertz CT molecular complexity index is 611. The number of hydrogen-bond donors (Lipinski definition) is 2. The highest BCUT2D eigenvalue weighted by Crippen LogP contribution is 2.22. The molecule has 2 nitrogen and oxygen atoms in total. The Hall–Kier alpha value is -1.39. The second-order valence-corrected chi connectivity index (χ2v) is 5.64. The van der Waals surface area contributed by atoms with Gasteiger partial charge in [-0.05, 0) is 65.8 Å². The number of benzene rings is 2. The van der Waals surface area contributed by atoms with E-state index < -0.39 is 0 Å². The molecule has 0 aliphatic carbocycles.